The van der Waals surface area contributed by atoms with Gasteiger partial charge in [0, 0.05) is 24.8 Å². The summed E-state index contributed by atoms with van der Waals surface area (Å²) in [5, 5.41) is 11.5. The van der Waals surface area contributed by atoms with Crippen LogP contribution < -0.4 is 11.1 Å². The Morgan fingerprint density at radius 3 is 2.82 bits per heavy atom. The van der Waals surface area contributed by atoms with Crippen LogP contribution in [0.3, 0.4) is 0 Å². The highest BCUT2D eigenvalue weighted by Gasteiger charge is 2.11. The highest BCUT2D eigenvalue weighted by Crippen LogP contribution is 2.21. The van der Waals surface area contributed by atoms with Crippen molar-refractivity contribution < 1.29 is 0 Å². The minimum Gasteiger partial charge on any atom is -0.384 e. The van der Waals surface area contributed by atoms with Gasteiger partial charge in [0.1, 0.15) is 5.82 Å². The van der Waals surface area contributed by atoms with Crippen molar-refractivity contribution in [1.29, 1.82) is 0 Å². The van der Waals surface area contributed by atoms with E-state index in [9.17, 15) is 0 Å². The summed E-state index contributed by atoms with van der Waals surface area (Å²) in [5.74, 6) is 2.07. The highest BCUT2D eigenvalue weighted by molar-refractivity contribution is 5.60. The molecule has 2 rings (SSSR count). The topological polar surface area (TPSA) is 81.7 Å². The number of nitrogen functional groups attached to an aromatic ring is 1. The third-order valence-electron chi connectivity index (χ3n) is 2.44. The van der Waals surface area contributed by atoms with E-state index in [2.05, 4.69) is 27.4 Å². The van der Waals surface area contributed by atoms with E-state index in [-0.39, 0.29) is 0 Å². The molecule has 2 aromatic rings. The zero-order valence-electron chi connectivity index (χ0n) is 10.0. The SMILES string of the molecule is CCNc1nnc(-c2ccnc(N)c2)n1CC. The van der Waals surface area contributed by atoms with Gasteiger partial charge in [-0.1, -0.05) is 0 Å². The van der Waals surface area contributed by atoms with Gasteiger partial charge in [-0.15, -0.1) is 10.2 Å². The fourth-order valence-corrected chi connectivity index (χ4v) is 1.69. The third-order valence-corrected chi connectivity index (χ3v) is 2.44. The van der Waals surface area contributed by atoms with Gasteiger partial charge in [-0.25, -0.2) is 4.98 Å². The zero-order valence-corrected chi connectivity index (χ0v) is 10.0. The van der Waals surface area contributed by atoms with Crippen LogP contribution in [0.2, 0.25) is 0 Å². The molecule has 0 aliphatic heterocycles. The number of pyridine rings is 1. The first-order valence-electron chi connectivity index (χ1n) is 5.65. The van der Waals surface area contributed by atoms with Gasteiger partial charge in [0.15, 0.2) is 5.82 Å². The highest BCUT2D eigenvalue weighted by atomic mass is 15.3. The van der Waals surface area contributed by atoms with Crippen LogP contribution >= 0.6 is 0 Å². The molecule has 0 spiro atoms. The number of nitrogens with two attached hydrogens (primary N) is 1. The number of aromatic nitrogens is 4. The summed E-state index contributed by atoms with van der Waals surface area (Å²) in [7, 11) is 0. The monoisotopic (exact) mass is 232 g/mol. The molecule has 0 radical (unpaired) electrons. The third kappa shape index (κ3) is 2.20. The minimum absolute atomic E-state index is 0.484. The Labute approximate surface area is 99.9 Å². The van der Waals surface area contributed by atoms with Crippen LogP contribution in [0.1, 0.15) is 13.8 Å². The summed E-state index contributed by atoms with van der Waals surface area (Å²) in [4.78, 5) is 3.97. The van der Waals surface area contributed by atoms with Crippen molar-refractivity contribution in [2.45, 2.75) is 20.4 Å². The number of nitrogens with one attached hydrogen (secondary N) is 1. The molecule has 0 amide bonds. The Morgan fingerprint density at radius 2 is 2.18 bits per heavy atom. The summed E-state index contributed by atoms with van der Waals surface area (Å²) in [5.41, 5.74) is 6.60. The molecule has 2 aromatic heterocycles. The Morgan fingerprint density at radius 1 is 1.35 bits per heavy atom. The second-order valence-electron chi connectivity index (χ2n) is 3.59. The number of anilines is 2. The Hall–Kier alpha value is -2.11. The number of nitrogens with zero attached hydrogens (tertiary/aromatic N) is 4. The lowest BCUT2D eigenvalue weighted by atomic mass is 10.2. The molecule has 0 saturated heterocycles. The first-order valence-corrected chi connectivity index (χ1v) is 5.65. The molecule has 0 fully saturated rings. The van der Waals surface area contributed by atoms with Crippen LogP contribution in [0.25, 0.3) is 11.4 Å². The molecule has 6 nitrogen and oxygen atoms in total. The van der Waals surface area contributed by atoms with Gasteiger partial charge in [0.2, 0.25) is 5.95 Å². The van der Waals surface area contributed by atoms with E-state index in [4.69, 9.17) is 5.73 Å². The largest absolute Gasteiger partial charge is 0.384 e. The Kier molecular flexibility index (Phi) is 3.22. The molecule has 0 aromatic carbocycles. The van der Waals surface area contributed by atoms with Gasteiger partial charge in [-0.3, -0.25) is 4.57 Å². The maximum Gasteiger partial charge on any atom is 0.224 e. The molecule has 0 aliphatic carbocycles. The van der Waals surface area contributed by atoms with Gasteiger partial charge in [-0.05, 0) is 26.0 Å². The molecule has 0 atom stereocenters. The summed E-state index contributed by atoms with van der Waals surface area (Å²) in [6, 6.07) is 3.67. The van der Waals surface area contributed by atoms with Crippen molar-refractivity contribution in [1.82, 2.24) is 19.7 Å². The van der Waals surface area contributed by atoms with Crippen molar-refractivity contribution in [3.8, 4) is 11.4 Å². The molecular formula is C11H16N6. The van der Waals surface area contributed by atoms with E-state index in [0.29, 0.717) is 5.82 Å². The van der Waals surface area contributed by atoms with Crippen molar-refractivity contribution in [2.75, 3.05) is 17.6 Å². The van der Waals surface area contributed by atoms with Crippen molar-refractivity contribution in [2.24, 2.45) is 0 Å². The second kappa shape index (κ2) is 4.82. The van der Waals surface area contributed by atoms with Crippen LogP contribution in [0.5, 0.6) is 0 Å². The van der Waals surface area contributed by atoms with Crippen LogP contribution in [0.15, 0.2) is 18.3 Å². The molecule has 17 heavy (non-hydrogen) atoms. The molecular weight excluding hydrogens is 216 g/mol. The fourth-order valence-electron chi connectivity index (χ4n) is 1.69. The summed E-state index contributed by atoms with van der Waals surface area (Å²) >= 11 is 0. The maximum absolute atomic E-state index is 5.67. The smallest absolute Gasteiger partial charge is 0.224 e. The fraction of sp³-hybridized carbons (Fsp3) is 0.364. The minimum atomic E-state index is 0.484. The van der Waals surface area contributed by atoms with Crippen LogP contribution in [0.4, 0.5) is 11.8 Å². The molecule has 90 valence electrons. The van der Waals surface area contributed by atoms with E-state index >= 15 is 0 Å². The van der Waals surface area contributed by atoms with Crippen LogP contribution in [0, 0.1) is 0 Å². The Bertz CT molecular complexity index is 504. The summed E-state index contributed by atoms with van der Waals surface area (Å²) in [6.07, 6.45) is 1.67. The van der Waals surface area contributed by atoms with Gasteiger partial charge in [0.05, 0.1) is 0 Å². The number of rotatable bonds is 4. The first kappa shape index (κ1) is 11.4. The van der Waals surface area contributed by atoms with Crippen molar-refractivity contribution in [3.63, 3.8) is 0 Å². The van der Waals surface area contributed by atoms with Crippen molar-refractivity contribution in [3.05, 3.63) is 18.3 Å². The molecule has 0 saturated carbocycles. The average molecular weight is 232 g/mol. The summed E-state index contributed by atoms with van der Waals surface area (Å²) in [6.45, 7) is 5.69. The number of hydrogen-bond acceptors (Lipinski definition) is 5. The van der Waals surface area contributed by atoms with E-state index in [1.165, 1.54) is 0 Å². The summed E-state index contributed by atoms with van der Waals surface area (Å²) < 4.78 is 2.01. The first-order chi connectivity index (χ1) is 8.26. The van der Waals surface area contributed by atoms with E-state index in [1.54, 1.807) is 12.3 Å². The van der Waals surface area contributed by atoms with Crippen LogP contribution in [-0.4, -0.2) is 26.3 Å². The van der Waals surface area contributed by atoms with Gasteiger partial charge < -0.3 is 11.1 Å². The van der Waals surface area contributed by atoms with Gasteiger partial charge in [-0.2, -0.15) is 0 Å². The van der Waals surface area contributed by atoms with Crippen molar-refractivity contribution >= 4 is 11.8 Å². The normalized spacial score (nSPS) is 10.5. The molecule has 3 N–H and O–H groups in total. The maximum atomic E-state index is 5.67. The standard InChI is InChI=1S/C11H16N6/c1-3-13-11-16-15-10(17(11)4-2)8-5-6-14-9(12)7-8/h5-7H,3-4H2,1-2H3,(H2,12,14)(H,13,16). The molecule has 2 heterocycles. The predicted molar refractivity (Wildman–Crippen MR) is 67.5 cm³/mol. The average Bonchev–Trinajstić information content (AvgIpc) is 2.72. The quantitative estimate of drug-likeness (QED) is 0.832. The lowest BCUT2D eigenvalue weighted by Crippen LogP contribution is -2.07. The molecule has 0 unspecified atom stereocenters. The lowest BCUT2D eigenvalue weighted by molar-refractivity contribution is 0.770. The second-order valence-corrected chi connectivity index (χ2v) is 3.59. The van der Waals surface area contributed by atoms with Gasteiger partial charge >= 0.3 is 0 Å². The predicted octanol–water partition coefficient (Wildman–Crippen LogP) is 1.37. The Balaban J connectivity index is 2.45. The lowest BCUT2D eigenvalue weighted by Gasteiger charge is -2.07. The van der Waals surface area contributed by atoms with E-state index in [1.807, 2.05) is 17.6 Å². The molecule has 0 aliphatic rings. The van der Waals surface area contributed by atoms with Gasteiger partial charge in [0.25, 0.3) is 0 Å². The zero-order chi connectivity index (χ0) is 12.3. The molecule has 6 heteroatoms. The van der Waals surface area contributed by atoms with E-state index < -0.39 is 0 Å². The molecule has 0 bridgehead atoms. The number of hydrogen-bond donors (Lipinski definition) is 2. The van der Waals surface area contributed by atoms with Crippen LogP contribution in [-0.2, 0) is 6.54 Å². The van der Waals surface area contributed by atoms with E-state index in [0.717, 1.165) is 30.4 Å².